The predicted octanol–water partition coefficient (Wildman–Crippen LogP) is 4.10. The van der Waals surface area contributed by atoms with Crippen LogP contribution in [0.5, 0.6) is 5.75 Å². The van der Waals surface area contributed by atoms with Gasteiger partial charge in [0.1, 0.15) is 12.4 Å². The van der Waals surface area contributed by atoms with Crippen molar-refractivity contribution in [3.8, 4) is 5.75 Å². The summed E-state index contributed by atoms with van der Waals surface area (Å²) in [7, 11) is 0. The van der Waals surface area contributed by atoms with E-state index >= 15 is 0 Å². The maximum absolute atomic E-state index is 5.92. The van der Waals surface area contributed by atoms with Crippen LogP contribution in [0.2, 0.25) is 5.02 Å². The molecule has 0 fully saturated rings. The van der Waals surface area contributed by atoms with Crippen LogP contribution in [0.4, 0.5) is 0 Å². The molecule has 21 heavy (non-hydrogen) atoms. The average molecular weight is 309 g/mol. The first-order valence-corrected chi connectivity index (χ1v) is 7.30. The molecule has 0 amide bonds. The van der Waals surface area contributed by atoms with E-state index in [1.807, 2.05) is 31.2 Å². The molecule has 4 nitrogen and oxygen atoms in total. The Labute approximate surface area is 130 Å². The summed E-state index contributed by atoms with van der Waals surface area (Å²) >= 11 is 5.92. The highest BCUT2D eigenvalue weighted by Crippen LogP contribution is 2.22. The minimum absolute atomic E-state index is 0.0516. The fourth-order valence-electron chi connectivity index (χ4n) is 1.79. The highest BCUT2D eigenvalue weighted by molar-refractivity contribution is 6.30. The van der Waals surface area contributed by atoms with E-state index in [-0.39, 0.29) is 5.54 Å². The smallest absolute Gasteiger partial charge is 0.174 e. The van der Waals surface area contributed by atoms with Crippen LogP contribution >= 0.6 is 11.6 Å². The molecular formula is C16H21ClN2O2. The maximum atomic E-state index is 5.92. The molecule has 0 unspecified atom stereocenters. The second kappa shape index (κ2) is 6.50. The van der Waals surface area contributed by atoms with E-state index in [0.29, 0.717) is 23.9 Å². The molecule has 1 heterocycles. The molecule has 1 aromatic carbocycles. The van der Waals surface area contributed by atoms with Gasteiger partial charge in [0.25, 0.3) is 0 Å². The molecule has 0 spiro atoms. The second-order valence-corrected chi connectivity index (χ2v) is 6.52. The lowest BCUT2D eigenvalue weighted by atomic mass is 10.1. The number of halogens is 1. The molecule has 1 aromatic heterocycles. The molecule has 2 rings (SSSR count). The molecule has 0 saturated heterocycles. The molecule has 2 aromatic rings. The molecule has 114 valence electrons. The number of ether oxygens (including phenoxy) is 1. The van der Waals surface area contributed by atoms with Gasteiger partial charge in [0.05, 0.1) is 5.69 Å². The monoisotopic (exact) mass is 308 g/mol. The van der Waals surface area contributed by atoms with Crippen molar-refractivity contribution in [1.82, 2.24) is 10.5 Å². The third kappa shape index (κ3) is 5.06. The number of hydrogen-bond acceptors (Lipinski definition) is 4. The van der Waals surface area contributed by atoms with Crippen LogP contribution in [-0.2, 0) is 13.2 Å². The Balaban J connectivity index is 1.90. The highest BCUT2D eigenvalue weighted by Gasteiger charge is 2.11. The molecule has 5 heteroatoms. The van der Waals surface area contributed by atoms with Gasteiger partial charge in [-0.3, -0.25) is 0 Å². The van der Waals surface area contributed by atoms with Crippen molar-refractivity contribution in [3.05, 3.63) is 46.3 Å². The first-order chi connectivity index (χ1) is 9.83. The topological polar surface area (TPSA) is 47.3 Å². The summed E-state index contributed by atoms with van der Waals surface area (Å²) in [6.07, 6.45) is 0. The van der Waals surface area contributed by atoms with Gasteiger partial charge in [0.2, 0.25) is 0 Å². The van der Waals surface area contributed by atoms with Gasteiger partial charge in [-0.15, -0.1) is 0 Å². The zero-order chi connectivity index (χ0) is 15.5. The molecule has 0 saturated carbocycles. The third-order valence-electron chi connectivity index (χ3n) is 2.91. The summed E-state index contributed by atoms with van der Waals surface area (Å²) in [5.74, 6) is 1.50. The number of benzene rings is 1. The fourth-order valence-corrected chi connectivity index (χ4v) is 2.01. The van der Waals surface area contributed by atoms with Crippen LogP contribution in [-0.4, -0.2) is 10.7 Å². The Morgan fingerprint density at radius 2 is 2.05 bits per heavy atom. The minimum atomic E-state index is 0.0516. The van der Waals surface area contributed by atoms with E-state index in [1.54, 1.807) is 0 Å². The Kier molecular flexibility index (Phi) is 4.91. The number of hydrogen-bond donors (Lipinski definition) is 1. The fraction of sp³-hybridized carbons (Fsp3) is 0.438. The lowest BCUT2D eigenvalue weighted by molar-refractivity contribution is 0.247. The lowest BCUT2D eigenvalue weighted by Crippen LogP contribution is -2.35. The number of nitrogens with zero attached hydrogens (tertiary/aromatic N) is 1. The molecule has 0 radical (unpaired) electrons. The van der Waals surface area contributed by atoms with Crippen molar-refractivity contribution in [1.29, 1.82) is 0 Å². The third-order valence-corrected chi connectivity index (χ3v) is 3.15. The van der Waals surface area contributed by atoms with Crippen LogP contribution in [0.1, 0.15) is 37.8 Å². The van der Waals surface area contributed by atoms with E-state index in [1.165, 1.54) is 0 Å². The number of nitrogens with one attached hydrogen (secondary N) is 1. The van der Waals surface area contributed by atoms with Crippen molar-refractivity contribution >= 4 is 11.6 Å². The van der Waals surface area contributed by atoms with Crippen LogP contribution < -0.4 is 10.1 Å². The van der Waals surface area contributed by atoms with Crippen LogP contribution in [0, 0.1) is 6.92 Å². The summed E-state index contributed by atoms with van der Waals surface area (Å²) in [6.45, 7) is 9.32. The first kappa shape index (κ1) is 15.9. The molecule has 0 atom stereocenters. The summed E-state index contributed by atoms with van der Waals surface area (Å²) < 4.78 is 11.0. The lowest BCUT2D eigenvalue weighted by Gasteiger charge is -2.19. The SMILES string of the molecule is Cc1cc(Cl)ccc1OCc1cc(CNC(C)(C)C)no1. The largest absolute Gasteiger partial charge is 0.485 e. The van der Waals surface area contributed by atoms with Crippen molar-refractivity contribution < 1.29 is 9.26 Å². The minimum Gasteiger partial charge on any atom is -0.485 e. The molecule has 0 aliphatic heterocycles. The zero-order valence-electron chi connectivity index (χ0n) is 12.9. The summed E-state index contributed by atoms with van der Waals surface area (Å²) in [5, 5.41) is 8.10. The van der Waals surface area contributed by atoms with Gasteiger partial charge in [0.15, 0.2) is 5.76 Å². The van der Waals surface area contributed by atoms with Crippen molar-refractivity contribution in [2.45, 2.75) is 46.4 Å². The normalized spacial score (nSPS) is 11.7. The van der Waals surface area contributed by atoms with E-state index < -0.39 is 0 Å². The van der Waals surface area contributed by atoms with E-state index in [2.05, 4.69) is 31.2 Å². The molecule has 1 N–H and O–H groups in total. The standard InChI is InChI=1S/C16H21ClN2O2/c1-11-7-12(17)5-6-15(11)20-10-14-8-13(19-21-14)9-18-16(2,3)4/h5-8,18H,9-10H2,1-4H3. The van der Waals surface area contributed by atoms with Gasteiger partial charge >= 0.3 is 0 Å². The molecular weight excluding hydrogens is 288 g/mol. The Hall–Kier alpha value is -1.52. The van der Waals surface area contributed by atoms with Gasteiger partial charge in [-0.2, -0.15) is 0 Å². The van der Waals surface area contributed by atoms with Crippen molar-refractivity contribution in [3.63, 3.8) is 0 Å². The van der Waals surface area contributed by atoms with E-state index in [9.17, 15) is 0 Å². The van der Waals surface area contributed by atoms with Gasteiger partial charge in [-0.25, -0.2) is 0 Å². The van der Waals surface area contributed by atoms with E-state index in [0.717, 1.165) is 17.0 Å². The van der Waals surface area contributed by atoms with Gasteiger partial charge in [-0.05, 0) is 51.5 Å². The Morgan fingerprint density at radius 3 is 2.71 bits per heavy atom. The van der Waals surface area contributed by atoms with Crippen molar-refractivity contribution in [2.75, 3.05) is 0 Å². The van der Waals surface area contributed by atoms with Crippen LogP contribution in [0.15, 0.2) is 28.8 Å². The summed E-state index contributed by atoms with van der Waals surface area (Å²) in [5.41, 5.74) is 1.92. The summed E-state index contributed by atoms with van der Waals surface area (Å²) in [6, 6.07) is 7.44. The quantitative estimate of drug-likeness (QED) is 0.903. The predicted molar refractivity (Wildman–Crippen MR) is 83.6 cm³/mol. The second-order valence-electron chi connectivity index (χ2n) is 6.09. The van der Waals surface area contributed by atoms with Crippen molar-refractivity contribution in [2.24, 2.45) is 0 Å². The summed E-state index contributed by atoms with van der Waals surface area (Å²) in [4.78, 5) is 0. The Morgan fingerprint density at radius 1 is 1.29 bits per heavy atom. The number of rotatable bonds is 5. The maximum Gasteiger partial charge on any atom is 0.174 e. The molecule has 0 bridgehead atoms. The molecule has 0 aliphatic carbocycles. The van der Waals surface area contributed by atoms with E-state index in [4.69, 9.17) is 20.9 Å². The van der Waals surface area contributed by atoms with Crippen LogP contribution in [0.25, 0.3) is 0 Å². The number of aromatic nitrogens is 1. The Bertz CT molecular complexity index is 603. The first-order valence-electron chi connectivity index (χ1n) is 6.92. The zero-order valence-corrected chi connectivity index (χ0v) is 13.6. The van der Waals surface area contributed by atoms with Gasteiger partial charge in [0, 0.05) is 23.2 Å². The molecule has 0 aliphatic rings. The highest BCUT2D eigenvalue weighted by atomic mass is 35.5. The van der Waals surface area contributed by atoms with Crippen LogP contribution in [0.3, 0.4) is 0 Å². The average Bonchev–Trinajstić information content (AvgIpc) is 2.82. The number of aryl methyl sites for hydroxylation is 1. The van der Waals surface area contributed by atoms with Gasteiger partial charge < -0.3 is 14.6 Å². The van der Waals surface area contributed by atoms with Gasteiger partial charge in [-0.1, -0.05) is 16.8 Å².